The molecule has 0 N–H and O–H groups in total. The highest BCUT2D eigenvalue weighted by molar-refractivity contribution is 5.71. The van der Waals surface area contributed by atoms with Gasteiger partial charge in [-0.2, -0.15) is 0 Å². The number of ether oxygens (including phenoxy) is 1. The van der Waals surface area contributed by atoms with E-state index in [-0.39, 0.29) is 17.0 Å². The molecule has 98 valence electrons. The van der Waals surface area contributed by atoms with Gasteiger partial charge in [-0.15, -0.1) is 6.58 Å². The minimum atomic E-state index is -1.09. The van der Waals surface area contributed by atoms with Gasteiger partial charge in [0.2, 0.25) is 0 Å². The van der Waals surface area contributed by atoms with Crippen molar-refractivity contribution in [2.24, 2.45) is 0 Å². The third-order valence-electron chi connectivity index (χ3n) is 2.22. The Hall–Kier alpha value is -2.83. The molecule has 0 aliphatic rings. The molecule has 0 radical (unpaired) electrons. The Bertz CT molecular complexity index is 708. The van der Waals surface area contributed by atoms with Crippen molar-refractivity contribution >= 4 is 6.09 Å². The van der Waals surface area contributed by atoms with Gasteiger partial charge in [-0.05, 0) is 16.9 Å². The molecule has 7 nitrogen and oxygen atoms in total. The zero-order chi connectivity index (χ0) is 13.8. The van der Waals surface area contributed by atoms with Crippen molar-refractivity contribution in [3.63, 3.8) is 0 Å². The highest BCUT2D eigenvalue weighted by Gasteiger charge is 2.18. The van der Waals surface area contributed by atoms with Crippen molar-refractivity contribution in [2.45, 2.75) is 6.54 Å². The number of hydrogen-bond acceptors (Lipinski definition) is 5. The minimum Gasteiger partial charge on any atom is -0.408 e. The summed E-state index contributed by atoms with van der Waals surface area (Å²) in [5.74, 6) is -0.714. The topological polar surface area (TPSA) is 83.4 Å². The molecule has 1 aromatic heterocycles. The molecule has 0 amide bonds. The molecule has 19 heavy (non-hydrogen) atoms. The van der Waals surface area contributed by atoms with Crippen LogP contribution in [0.4, 0.5) is 4.79 Å². The number of rotatable bonds is 3. The second-order valence-electron chi connectivity index (χ2n) is 3.51. The van der Waals surface area contributed by atoms with E-state index < -0.39 is 17.5 Å². The van der Waals surface area contributed by atoms with Gasteiger partial charge in [0.25, 0.3) is 0 Å². The Morgan fingerprint density at radius 3 is 2.63 bits per heavy atom. The Balaban J connectivity index is 2.30. The van der Waals surface area contributed by atoms with Crippen molar-refractivity contribution in [1.29, 1.82) is 0 Å². The zero-order valence-electron chi connectivity index (χ0n) is 9.81. The Labute approximate surface area is 106 Å². The fourth-order valence-corrected chi connectivity index (χ4v) is 1.38. The van der Waals surface area contributed by atoms with E-state index in [0.29, 0.717) is 0 Å². The van der Waals surface area contributed by atoms with Crippen molar-refractivity contribution in [3.8, 4) is 5.75 Å². The maximum atomic E-state index is 11.7. The van der Waals surface area contributed by atoms with Gasteiger partial charge in [0, 0.05) is 0 Å². The van der Waals surface area contributed by atoms with Crippen LogP contribution in [0.25, 0.3) is 0 Å². The van der Waals surface area contributed by atoms with Crippen LogP contribution in [0.15, 0.2) is 57.1 Å². The molecule has 0 bridgehead atoms. The van der Waals surface area contributed by atoms with Crippen molar-refractivity contribution < 1.29 is 14.1 Å². The van der Waals surface area contributed by atoms with Gasteiger partial charge in [-0.25, -0.2) is 19.0 Å². The van der Waals surface area contributed by atoms with E-state index in [1.165, 1.54) is 18.2 Å². The lowest BCUT2D eigenvalue weighted by atomic mass is 10.3. The molecule has 1 heterocycles. The molecular formula is C12H10N2O5. The molecule has 0 aliphatic heterocycles. The summed E-state index contributed by atoms with van der Waals surface area (Å²) < 4.78 is 10.4. The van der Waals surface area contributed by atoms with E-state index in [9.17, 15) is 14.4 Å². The number of allylic oxidation sites excluding steroid dienone is 1. The molecule has 0 aliphatic carbocycles. The molecule has 0 atom stereocenters. The number of aromatic nitrogens is 2. The fourth-order valence-electron chi connectivity index (χ4n) is 1.38. The Kier molecular flexibility index (Phi) is 3.46. The van der Waals surface area contributed by atoms with Crippen LogP contribution in [0.3, 0.4) is 0 Å². The first-order chi connectivity index (χ1) is 9.13. The van der Waals surface area contributed by atoms with E-state index in [0.717, 1.165) is 4.57 Å². The van der Waals surface area contributed by atoms with Crippen molar-refractivity contribution in [2.75, 3.05) is 0 Å². The summed E-state index contributed by atoms with van der Waals surface area (Å²) in [7, 11) is 0. The summed E-state index contributed by atoms with van der Waals surface area (Å²) in [6.45, 7) is 3.35. The van der Waals surface area contributed by atoms with E-state index >= 15 is 0 Å². The maximum absolute atomic E-state index is 11.7. The molecule has 7 heteroatoms. The zero-order valence-corrected chi connectivity index (χ0v) is 9.81. The smallest absolute Gasteiger partial charge is 0.408 e. The molecule has 0 spiro atoms. The highest BCUT2D eigenvalue weighted by Crippen LogP contribution is 2.08. The Morgan fingerprint density at radius 1 is 1.32 bits per heavy atom. The van der Waals surface area contributed by atoms with Crippen LogP contribution in [-0.2, 0) is 6.54 Å². The fraction of sp³-hybridized carbons (Fsp3) is 0.0833. The minimum absolute atomic E-state index is 0.0488. The van der Waals surface area contributed by atoms with Gasteiger partial charge in [0.05, 0.1) is 6.54 Å². The van der Waals surface area contributed by atoms with Crippen LogP contribution in [-0.4, -0.2) is 15.4 Å². The number of nitrogens with zero attached hydrogens (tertiary/aromatic N) is 2. The molecule has 1 aromatic carbocycles. The largest absolute Gasteiger partial charge is 0.458 e. The Morgan fingerprint density at radius 2 is 2.00 bits per heavy atom. The average Bonchev–Trinajstić information content (AvgIpc) is 2.68. The SMILES string of the molecule is C=CCn1c(=O)on(C(=O)Oc2ccccc2)c1=O. The first-order valence-electron chi connectivity index (χ1n) is 5.35. The summed E-state index contributed by atoms with van der Waals surface area (Å²) >= 11 is 0. The summed E-state index contributed by atoms with van der Waals surface area (Å²) in [5, 5.41) is 0. The quantitative estimate of drug-likeness (QED) is 0.765. The van der Waals surface area contributed by atoms with Crippen molar-refractivity contribution in [1.82, 2.24) is 9.31 Å². The summed E-state index contributed by atoms with van der Waals surface area (Å²) in [6, 6.07) is 8.11. The van der Waals surface area contributed by atoms with Crippen LogP contribution in [0.1, 0.15) is 0 Å². The molecule has 0 unspecified atom stereocenters. The summed E-state index contributed by atoms with van der Waals surface area (Å²) in [4.78, 5) is 34.7. The van der Waals surface area contributed by atoms with Gasteiger partial charge in [0.1, 0.15) is 5.75 Å². The van der Waals surface area contributed by atoms with Gasteiger partial charge in [-0.1, -0.05) is 24.3 Å². The van der Waals surface area contributed by atoms with Crippen molar-refractivity contribution in [3.05, 3.63) is 64.0 Å². The van der Waals surface area contributed by atoms with Gasteiger partial charge < -0.3 is 9.26 Å². The number of para-hydroxylation sites is 1. The van der Waals surface area contributed by atoms with E-state index in [4.69, 9.17) is 4.74 Å². The number of benzene rings is 1. The first-order valence-corrected chi connectivity index (χ1v) is 5.35. The van der Waals surface area contributed by atoms with E-state index in [1.807, 2.05) is 0 Å². The van der Waals surface area contributed by atoms with Crippen LogP contribution in [0.5, 0.6) is 5.75 Å². The van der Waals surface area contributed by atoms with E-state index in [1.54, 1.807) is 18.2 Å². The van der Waals surface area contributed by atoms with Crippen LogP contribution in [0.2, 0.25) is 0 Å². The molecule has 0 fully saturated rings. The highest BCUT2D eigenvalue weighted by atomic mass is 16.6. The van der Waals surface area contributed by atoms with E-state index in [2.05, 4.69) is 11.1 Å². The average molecular weight is 262 g/mol. The van der Waals surface area contributed by atoms with Crippen LogP contribution < -0.4 is 16.2 Å². The maximum Gasteiger partial charge on any atom is 0.458 e. The lowest BCUT2D eigenvalue weighted by Crippen LogP contribution is -2.32. The first kappa shape index (κ1) is 12.6. The molecule has 2 aromatic rings. The lowest BCUT2D eigenvalue weighted by Gasteiger charge is -2.00. The third kappa shape index (κ3) is 2.54. The van der Waals surface area contributed by atoms with Gasteiger partial charge >= 0.3 is 17.5 Å². The number of carbonyl (C=O) groups excluding carboxylic acids is 1. The lowest BCUT2D eigenvalue weighted by molar-refractivity contribution is 0.164. The summed E-state index contributed by atoms with van der Waals surface area (Å²) in [6.07, 6.45) is 0.252. The predicted molar refractivity (Wildman–Crippen MR) is 65.3 cm³/mol. The second kappa shape index (κ2) is 5.21. The standard InChI is InChI=1S/C12H10N2O5/c1-2-8-13-10(15)14(19-11(13)16)12(17)18-9-6-4-3-5-7-9/h2-7H,1,8H2. The van der Waals surface area contributed by atoms with Gasteiger partial charge in [-0.3, -0.25) is 0 Å². The predicted octanol–water partition coefficient (Wildman–Crippen LogP) is 0.836. The summed E-state index contributed by atoms with van der Waals surface area (Å²) in [5.41, 5.74) is -0.911. The normalized spacial score (nSPS) is 10.1. The molecule has 0 saturated carbocycles. The second-order valence-corrected chi connectivity index (χ2v) is 3.51. The number of carbonyl (C=O) groups is 1. The monoisotopic (exact) mass is 262 g/mol. The third-order valence-corrected chi connectivity index (χ3v) is 2.22. The molecule has 2 rings (SSSR count). The van der Waals surface area contributed by atoms with Crippen LogP contribution >= 0.6 is 0 Å². The van der Waals surface area contributed by atoms with Crippen LogP contribution in [0, 0.1) is 0 Å². The molecule has 0 saturated heterocycles. The molecular weight excluding hydrogens is 252 g/mol. The van der Waals surface area contributed by atoms with Gasteiger partial charge in [0.15, 0.2) is 0 Å². The number of hydrogen-bond donors (Lipinski definition) is 0.